The van der Waals surface area contributed by atoms with E-state index in [1.807, 2.05) is 0 Å². The van der Waals surface area contributed by atoms with Gasteiger partial charge in [-0.15, -0.1) is 11.3 Å². The molecular weight excluding hydrogens is 476 g/mol. The molecule has 9 nitrogen and oxygen atoms in total. The monoisotopic (exact) mass is 506 g/mol. The molecule has 184 valence electrons. The number of carbonyl (C=O) groups is 1. The van der Waals surface area contributed by atoms with Crippen molar-refractivity contribution >= 4 is 32.3 Å². The minimum absolute atomic E-state index is 0.0835. The number of amides is 1. The minimum Gasteiger partial charge on any atom is -0.383 e. The number of anilines is 1. The van der Waals surface area contributed by atoms with Crippen molar-refractivity contribution in [3.05, 3.63) is 45.8 Å². The van der Waals surface area contributed by atoms with Gasteiger partial charge in [0.1, 0.15) is 11.1 Å². The van der Waals surface area contributed by atoms with Crippen molar-refractivity contribution in [3.63, 3.8) is 0 Å². The van der Waals surface area contributed by atoms with Gasteiger partial charge in [0, 0.05) is 50.8 Å². The molecule has 0 spiro atoms. The Kier molecular flexibility index (Phi) is 9.18. The standard InChI is InChI=1S/C23H30N4O5S2/c1-4-26-10-9-19-20(15-24)23(33-21(19)16-26)25-22(28)17-5-7-18(8-6-17)34(29,30)27(11-13-31-2)12-14-32-3/h5-8H,4,9-14,16H2,1-3H3,(H,25,28). The van der Waals surface area contributed by atoms with Gasteiger partial charge in [0.05, 0.1) is 23.7 Å². The van der Waals surface area contributed by atoms with E-state index in [0.717, 1.165) is 36.5 Å². The second-order valence-corrected chi connectivity index (χ2v) is 10.8. The van der Waals surface area contributed by atoms with Crippen molar-refractivity contribution in [2.24, 2.45) is 0 Å². The lowest BCUT2D eigenvalue weighted by atomic mass is 10.0. The van der Waals surface area contributed by atoms with E-state index in [4.69, 9.17) is 9.47 Å². The molecule has 11 heteroatoms. The predicted octanol–water partition coefficient (Wildman–Crippen LogP) is 2.53. The molecule has 2 heterocycles. The van der Waals surface area contributed by atoms with Gasteiger partial charge in [0.25, 0.3) is 5.91 Å². The van der Waals surface area contributed by atoms with Gasteiger partial charge in [-0.2, -0.15) is 9.57 Å². The van der Waals surface area contributed by atoms with Crippen LogP contribution in [-0.2, 0) is 32.5 Å². The van der Waals surface area contributed by atoms with Crippen LogP contribution in [0.15, 0.2) is 29.2 Å². The lowest BCUT2D eigenvalue weighted by Gasteiger charge is -2.24. The Morgan fingerprint density at radius 2 is 1.85 bits per heavy atom. The number of rotatable bonds is 11. The number of nitrogens with zero attached hydrogens (tertiary/aromatic N) is 3. The van der Waals surface area contributed by atoms with Crippen LogP contribution in [0, 0.1) is 11.3 Å². The maximum absolute atomic E-state index is 13.0. The average molecular weight is 507 g/mol. The zero-order valence-corrected chi connectivity index (χ0v) is 21.3. The smallest absolute Gasteiger partial charge is 0.256 e. The second kappa shape index (κ2) is 11.9. The van der Waals surface area contributed by atoms with Gasteiger partial charge in [-0.3, -0.25) is 9.69 Å². The predicted molar refractivity (Wildman–Crippen MR) is 131 cm³/mol. The highest BCUT2D eigenvalue weighted by Crippen LogP contribution is 2.36. The third-order valence-corrected chi connectivity index (χ3v) is 8.81. The summed E-state index contributed by atoms with van der Waals surface area (Å²) in [5.41, 5.74) is 1.85. The van der Waals surface area contributed by atoms with E-state index in [1.165, 1.54) is 54.1 Å². The van der Waals surface area contributed by atoms with E-state index < -0.39 is 10.0 Å². The van der Waals surface area contributed by atoms with Gasteiger partial charge in [-0.1, -0.05) is 6.92 Å². The van der Waals surface area contributed by atoms with Crippen molar-refractivity contribution < 1.29 is 22.7 Å². The van der Waals surface area contributed by atoms with Crippen molar-refractivity contribution in [2.45, 2.75) is 24.8 Å². The fourth-order valence-corrected chi connectivity index (χ4v) is 6.42. The fourth-order valence-electron chi connectivity index (χ4n) is 3.77. The molecule has 0 unspecified atom stereocenters. The number of thiophene rings is 1. The number of nitriles is 1. The van der Waals surface area contributed by atoms with Crippen LogP contribution < -0.4 is 5.32 Å². The highest BCUT2D eigenvalue weighted by atomic mass is 32.2. The molecule has 0 fully saturated rings. The molecule has 1 aromatic heterocycles. The zero-order valence-electron chi connectivity index (χ0n) is 19.7. The maximum Gasteiger partial charge on any atom is 0.256 e. The Balaban J connectivity index is 1.77. The van der Waals surface area contributed by atoms with Crippen LogP contribution in [0.4, 0.5) is 5.00 Å². The molecule has 0 atom stereocenters. The van der Waals surface area contributed by atoms with Crippen molar-refractivity contribution in [2.75, 3.05) is 58.9 Å². The molecule has 1 amide bonds. The third-order valence-electron chi connectivity index (χ3n) is 5.77. The molecule has 1 aromatic carbocycles. The van der Waals surface area contributed by atoms with E-state index in [0.29, 0.717) is 16.1 Å². The van der Waals surface area contributed by atoms with Gasteiger partial charge in [-0.25, -0.2) is 8.42 Å². The summed E-state index contributed by atoms with van der Waals surface area (Å²) in [6.07, 6.45) is 0.785. The van der Waals surface area contributed by atoms with Crippen LogP contribution in [0.3, 0.4) is 0 Å². The first-order chi connectivity index (χ1) is 16.3. The van der Waals surface area contributed by atoms with Crippen molar-refractivity contribution in [3.8, 4) is 6.07 Å². The lowest BCUT2D eigenvalue weighted by molar-refractivity contribution is 0.102. The summed E-state index contributed by atoms with van der Waals surface area (Å²) in [5, 5.41) is 13.1. The molecule has 1 N–H and O–H groups in total. The summed E-state index contributed by atoms with van der Waals surface area (Å²) in [5.74, 6) is -0.387. The molecule has 0 saturated heterocycles. The quantitative estimate of drug-likeness (QED) is 0.498. The zero-order chi connectivity index (χ0) is 24.7. The van der Waals surface area contributed by atoms with Gasteiger partial charge < -0.3 is 14.8 Å². The highest BCUT2D eigenvalue weighted by molar-refractivity contribution is 7.89. The lowest BCUT2D eigenvalue weighted by Crippen LogP contribution is -2.36. The first kappa shape index (κ1) is 26.3. The Bertz CT molecular complexity index is 1130. The van der Waals surface area contributed by atoms with E-state index >= 15 is 0 Å². The van der Waals surface area contributed by atoms with E-state index in [-0.39, 0.29) is 37.1 Å². The molecule has 0 radical (unpaired) electrons. The van der Waals surface area contributed by atoms with Gasteiger partial charge in [0.15, 0.2) is 0 Å². The number of benzene rings is 1. The molecule has 3 rings (SSSR count). The molecule has 0 bridgehead atoms. The van der Waals surface area contributed by atoms with Crippen LogP contribution in [0.1, 0.15) is 33.3 Å². The molecular formula is C23H30N4O5S2. The Morgan fingerprint density at radius 3 is 2.41 bits per heavy atom. The Hall–Kier alpha value is -2.33. The molecule has 1 aliphatic rings. The van der Waals surface area contributed by atoms with Gasteiger partial charge in [-0.05, 0) is 42.8 Å². The van der Waals surface area contributed by atoms with Crippen LogP contribution in [0.2, 0.25) is 0 Å². The van der Waals surface area contributed by atoms with Gasteiger partial charge >= 0.3 is 0 Å². The SMILES string of the molecule is CCN1CCc2c(sc(NC(=O)c3ccc(S(=O)(=O)N(CCOC)CCOC)cc3)c2C#N)C1. The van der Waals surface area contributed by atoms with Gasteiger partial charge in [0.2, 0.25) is 10.0 Å². The number of hydrogen-bond donors (Lipinski definition) is 1. The number of methoxy groups -OCH3 is 2. The van der Waals surface area contributed by atoms with Crippen LogP contribution in [-0.4, -0.2) is 77.1 Å². The third kappa shape index (κ3) is 5.83. The van der Waals surface area contributed by atoms with E-state index in [9.17, 15) is 18.5 Å². The summed E-state index contributed by atoms with van der Waals surface area (Å²) in [7, 11) is -0.752. The first-order valence-corrected chi connectivity index (χ1v) is 13.3. The van der Waals surface area contributed by atoms with Crippen LogP contribution in [0.5, 0.6) is 0 Å². The molecule has 0 saturated carbocycles. The summed E-state index contributed by atoms with van der Waals surface area (Å²) in [6, 6.07) is 8.03. The Labute approximate surface area is 204 Å². The number of ether oxygens (including phenoxy) is 2. The summed E-state index contributed by atoms with van der Waals surface area (Å²) in [4.78, 5) is 16.4. The average Bonchev–Trinajstić information content (AvgIpc) is 3.19. The number of sulfonamides is 1. The van der Waals surface area contributed by atoms with Crippen molar-refractivity contribution in [1.82, 2.24) is 9.21 Å². The number of hydrogen-bond acceptors (Lipinski definition) is 8. The van der Waals surface area contributed by atoms with Crippen LogP contribution in [0.25, 0.3) is 0 Å². The number of fused-ring (bicyclic) bond motifs is 1. The largest absolute Gasteiger partial charge is 0.383 e. The summed E-state index contributed by atoms with van der Waals surface area (Å²) in [6.45, 7) is 5.60. The molecule has 34 heavy (non-hydrogen) atoms. The second-order valence-electron chi connectivity index (χ2n) is 7.81. The molecule has 2 aromatic rings. The normalized spacial score (nSPS) is 14.1. The number of nitrogens with one attached hydrogen (secondary N) is 1. The summed E-state index contributed by atoms with van der Waals surface area (Å²) < 4.78 is 37.4. The first-order valence-electron chi connectivity index (χ1n) is 11.0. The molecule has 1 aliphatic heterocycles. The topological polar surface area (TPSA) is 112 Å². The van der Waals surface area contributed by atoms with Crippen molar-refractivity contribution in [1.29, 1.82) is 5.26 Å². The molecule has 0 aliphatic carbocycles. The maximum atomic E-state index is 13.0. The summed E-state index contributed by atoms with van der Waals surface area (Å²) >= 11 is 1.43. The van der Waals surface area contributed by atoms with Crippen LogP contribution >= 0.6 is 11.3 Å². The highest BCUT2D eigenvalue weighted by Gasteiger charge is 2.26. The van der Waals surface area contributed by atoms with E-state index in [1.54, 1.807) is 0 Å². The Morgan fingerprint density at radius 1 is 1.21 bits per heavy atom. The minimum atomic E-state index is -3.77. The number of likely N-dealkylation sites (N-methyl/N-ethyl adjacent to an activating group) is 1. The fraction of sp³-hybridized carbons (Fsp3) is 0.478. The number of carbonyl (C=O) groups excluding carboxylic acids is 1. The van der Waals surface area contributed by atoms with E-state index in [2.05, 4.69) is 23.2 Å².